The topological polar surface area (TPSA) is 45.3 Å². The minimum Gasteiger partial charge on any atom is -0.483 e. The standard InChI is InChI=1S/C21H18BrClN2O2/c22-18-11-15(23)5-6-20(18)27-13-21(26)25-9-7-14(8-10-25)17-12-24-19-4-2-1-3-16(17)19/h1-7,11-12,24H,8-10,13H2. The number of amides is 1. The van der Waals surface area contributed by atoms with E-state index in [1.54, 1.807) is 18.2 Å². The van der Waals surface area contributed by atoms with Crippen molar-refractivity contribution in [2.75, 3.05) is 19.7 Å². The summed E-state index contributed by atoms with van der Waals surface area (Å²) >= 11 is 9.32. The Bertz CT molecular complexity index is 1030. The highest BCUT2D eigenvalue weighted by atomic mass is 79.9. The van der Waals surface area contributed by atoms with Gasteiger partial charge in [-0.3, -0.25) is 4.79 Å². The van der Waals surface area contributed by atoms with Crippen LogP contribution in [0.4, 0.5) is 0 Å². The third kappa shape index (κ3) is 3.89. The number of aromatic amines is 1. The Morgan fingerprint density at radius 1 is 1.26 bits per heavy atom. The minimum atomic E-state index is -0.0222. The molecule has 1 N–H and O–H groups in total. The van der Waals surface area contributed by atoms with Crippen LogP contribution in [0.15, 0.2) is 59.2 Å². The molecule has 0 atom stereocenters. The van der Waals surface area contributed by atoms with E-state index in [0.717, 1.165) is 16.4 Å². The molecule has 0 saturated heterocycles. The number of H-pyrrole nitrogens is 1. The second-order valence-corrected chi connectivity index (χ2v) is 7.72. The van der Waals surface area contributed by atoms with E-state index in [1.807, 2.05) is 17.0 Å². The van der Waals surface area contributed by atoms with Crippen molar-refractivity contribution in [1.29, 1.82) is 0 Å². The fourth-order valence-electron chi connectivity index (χ4n) is 3.30. The summed E-state index contributed by atoms with van der Waals surface area (Å²) in [5.74, 6) is 0.589. The molecular weight excluding hydrogens is 428 g/mol. The first-order valence-corrected chi connectivity index (χ1v) is 9.90. The molecule has 1 amide bonds. The highest BCUT2D eigenvalue weighted by Gasteiger charge is 2.20. The largest absolute Gasteiger partial charge is 0.483 e. The number of fused-ring (bicyclic) bond motifs is 1. The van der Waals surface area contributed by atoms with Crippen LogP contribution in [0.1, 0.15) is 12.0 Å². The number of hydrogen-bond acceptors (Lipinski definition) is 2. The summed E-state index contributed by atoms with van der Waals surface area (Å²) in [7, 11) is 0. The molecule has 0 bridgehead atoms. The highest BCUT2D eigenvalue weighted by Crippen LogP contribution is 2.30. The first-order valence-electron chi connectivity index (χ1n) is 8.73. The normalized spacial score (nSPS) is 14.3. The summed E-state index contributed by atoms with van der Waals surface area (Å²) in [5.41, 5.74) is 3.63. The molecule has 0 fully saturated rings. The molecule has 2 heterocycles. The molecule has 1 aliphatic heterocycles. The Hall–Kier alpha value is -2.24. The minimum absolute atomic E-state index is 0.0104. The van der Waals surface area contributed by atoms with E-state index < -0.39 is 0 Å². The third-order valence-electron chi connectivity index (χ3n) is 4.74. The van der Waals surface area contributed by atoms with E-state index in [-0.39, 0.29) is 12.5 Å². The van der Waals surface area contributed by atoms with Gasteiger partial charge < -0.3 is 14.6 Å². The van der Waals surface area contributed by atoms with E-state index in [1.165, 1.54) is 16.5 Å². The van der Waals surface area contributed by atoms with Crippen molar-refractivity contribution in [3.8, 4) is 5.75 Å². The van der Waals surface area contributed by atoms with Gasteiger partial charge in [0.1, 0.15) is 5.75 Å². The zero-order valence-electron chi connectivity index (χ0n) is 14.5. The number of hydrogen-bond donors (Lipinski definition) is 1. The molecular formula is C21H18BrClN2O2. The van der Waals surface area contributed by atoms with E-state index in [2.05, 4.69) is 45.3 Å². The molecule has 0 saturated carbocycles. The van der Waals surface area contributed by atoms with Gasteiger partial charge in [-0.25, -0.2) is 0 Å². The number of carbonyl (C=O) groups excluding carboxylic acids is 1. The number of rotatable bonds is 4. The average molecular weight is 446 g/mol. The van der Waals surface area contributed by atoms with Crippen LogP contribution in [-0.2, 0) is 4.79 Å². The monoisotopic (exact) mass is 444 g/mol. The number of para-hydroxylation sites is 1. The van der Waals surface area contributed by atoms with E-state index in [4.69, 9.17) is 16.3 Å². The maximum absolute atomic E-state index is 12.5. The van der Waals surface area contributed by atoms with Gasteiger partial charge in [-0.2, -0.15) is 0 Å². The van der Waals surface area contributed by atoms with Crippen molar-refractivity contribution in [3.63, 3.8) is 0 Å². The summed E-state index contributed by atoms with van der Waals surface area (Å²) < 4.78 is 6.38. The van der Waals surface area contributed by atoms with Crippen LogP contribution in [0.5, 0.6) is 5.75 Å². The highest BCUT2D eigenvalue weighted by molar-refractivity contribution is 9.10. The number of benzene rings is 2. The summed E-state index contributed by atoms with van der Waals surface area (Å²) in [6, 6.07) is 13.5. The summed E-state index contributed by atoms with van der Waals surface area (Å²) in [5, 5.41) is 1.84. The van der Waals surface area contributed by atoms with Crippen LogP contribution in [0.25, 0.3) is 16.5 Å². The van der Waals surface area contributed by atoms with Crippen molar-refractivity contribution >= 4 is 49.9 Å². The van der Waals surface area contributed by atoms with Gasteiger partial charge in [0.05, 0.1) is 4.47 Å². The lowest BCUT2D eigenvalue weighted by molar-refractivity contribution is -0.132. The first-order chi connectivity index (χ1) is 13.1. The lowest BCUT2D eigenvalue weighted by Gasteiger charge is -2.26. The van der Waals surface area contributed by atoms with E-state index in [0.29, 0.717) is 23.9 Å². The lowest BCUT2D eigenvalue weighted by atomic mass is 9.99. The van der Waals surface area contributed by atoms with Gasteiger partial charge in [0, 0.05) is 40.8 Å². The molecule has 0 spiro atoms. The smallest absolute Gasteiger partial charge is 0.260 e. The van der Waals surface area contributed by atoms with E-state index >= 15 is 0 Å². The van der Waals surface area contributed by atoms with Crippen molar-refractivity contribution in [3.05, 3.63) is 69.8 Å². The van der Waals surface area contributed by atoms with E-state index in [9.17, 15) is 4.79 Å². The quantitative estimate of drug-likeness (QED) is 0.594. The molecule has 138 valence electrons. The molecule has 4 rings (SSSR count). The Kier molecular flexibility index (Phi) is 5.23. The fourth-order valence-corrected chi connectivity index (χ4v) is 4.10. The Balaban J connectivity index is 1.40. The maximum Gasteiger partial charge on any atom is 0.260 e. The molecule has 2 aromatic carbocycles. The molecule has 1 aromatic heterocycles. The molecule has 6 heteroatoms. The van der Waals surface area contributed by atoms with Crippen LogP contribution in [0.3, 0.4) is 0 Å². The predicted octanol–water partition coefficient (Wildman–Crippen LogP) is 5.28. The molecule has 0 aliphatic carbocycles. The first kappa shape index (κ1) is 18.1. The van der Waals surface area contributed by atoms with Gasteiger partial charge in [-0.1, -0.05) is 35.9 Å². The van der Waals surface area contributed by atoms with Crippen LogP contribution in [0, 0.1) is 0 Å². The number of carbonyl (C=O) groups is 1. The Morgan fingerprint density at radius 2 is 2.11 bits per heavy atom. The number of nitrogens with one attached hydrogen (secondary N) is 1. The number of aromatic nitrogens is 1. The average Bonchev–Trinajstić information content (AvgIpc) is 3.11. The second kappa shape index (κ2) is 7.79. The predicted molar refractivity (Wildman–Crippen MR) is 112 cm³/mol. The Morgan fingerprint density at radius 3 is 2.89 bits per heavy atom. The van der Waals surface area contributed by atoms with Gasteiger partial charge in [0.2, 0.25) is 0 Å². The molecule has 27 heavy (non-hydrogen) atoms. The zero-order valence-corrected chi connectivity index (χ0v) is 16.9. The van der Waals surface area contributed by atoms with Gasteiger partial charge >= 0.3 is 0 Å². The van der Waals surface area contributed by atoms with Crippen LogP contribution >= 0.6 is 27.5 Å². The maximum atomic E-state index is 12.5. The van der Waals surface area contributed by atoms with Crippen molar-refractivity contribution < 1.29 is 9.53 Å². The van der Waals surface area contributed by atoms with Crippen molar-refractivity contribution in [1.82, 2.24) is 9.88 Å². The van der Waals surface area contributed by atoms with Crippen LogP contribution in [0.2, 0.25) is 5.02 Å². The molecule has 4 nitrogen and oxygen atoms in total. The van der Waals surface area contributed by atoms with Gasteiger partial charge in [-0.05, 0) is 52.2 Å². The fraction of sp³-hybridized carbons (Fsp3) is 0.190. The summed E-state index contributed by atoms with van der Waals surface area (Å²) in [4.78, 5) is 17.6. The molecule has 0 unspecified atom stereocenters. The van der Waals surface area contributed by atoms with Crippen molar-refractivity contribution in [2.24, 2.45) is 0 Å². The summed E-state index contributed by atoms with van der Waals surface area (Å²) in [6.07, 6.45) is 5.02. The molecule has 3 aromatic rings. The molecule has 0 radical (unpaired) electrons. The lowest BCUT2D eigenvalue weighted by Crippen LogP contribution is -2.37. The van der Waals surface area contributed by atoms with Crippen molar-refractivity contribution in [2.45, 2.75) is 6.42 Å². The molecule has 1 aliphatic rings. The number of nitrogens with zero attached hydrogens (tertiary/aromatic N) is 1. The second-order valence-electron chi connectivity index (χ2n) is 6.43. The summed E-state index contributed by atoms with van der Waals surface area (Å²) in [6.45, 7) is 1.30. The van der Waals surface area contributed by atoms with Crippen LogP contribution in [-0.4, -0.2) is 35.5 Å². The van der Waals surface area contributed by atoms with Crippen LogP contribution < -0.4 is 4.74 Å². The van der Waals surface area contributed by atoms with Gasteiger partial charge in [0.25, 0.3) is 5.91 Å². The Labute approximate surface area is 170 Å². The number of ether oxygens (including phenoxy) is 1. The van der Waals surface area contributed by atoms with Gasteiger partial charge in [0.15, 0.2) is 6.61 Å². The third-order valence-corrected chi connectivity index (χ3v) is 5.60. The zero-order chi connectivity index (χ0) is 18.8. The van der Waals surface area contributed by atoms with Gasteiger partial charge in [-0.15, -0.1) is 0 Å². The number of halogens is 2. The SMILES string of the molecule is O=C(COc1ccc(Cl)cc1Br)N1CC=C(c2c[nH]c3ccccc23)CC1.